The van der Waals surface area contributed by atoms with E-state index in [-0.39, 0.29) is 0 Å². The Morgan fingerprint density at radius 2 is 1.94 bits per heavy atom. The molecule has 0 saturated heterocycles. The second kappa shape index (κ2) is 4.81. The van der Waals surface area contributed by atoms with Gasteiger partial charge in [-0.15, -0.1) is 0 Å². The minimum Gasteiger partial charge on any atom is -0.467 e. The summed E-state index contributed by atoms with van der Waals surface area (Å²) in [5.74, 6) is -0.749. The zero-order valence-corrected chi connectivity index (χ0v) is 10.4. The molecule has 88 valence electrons. The third-order valence-electron chi connectivity index (χ3n) is 2.24. The van der Waals surface area contributed by atoms with Gasteiger partial charge in [-0.3, -0.25) is 0 Å². The number of methoxy groups -OCH3 is 1. The first kappa shape index (κ1) is 12.9. The van der Waals surface area contributed by atoms with Crippen LogP contribution in [0.15, 0.2) is 24.3 Å². The van der Waals surface area contributed by atoms with Gasteiger partial charge in [0.25, 0.3) is 0 Å². The van der Waals surface area contributed by atoms with Gasteiger partial charge in [0.05, 0.1) is 7.11 Å². The fraction of sp³-hybridized carbons (Fsp3) is 0.364. The van der Waals surface area contributed by atoms with E-state index in [0.717, 1.165) is 0 Å². The van der Waals surface area contributed by atoms with Crippen molar-refractivity contribution in [3.63, 3.8) is 0 Å². The SMILES string of the molecule is COC(=O)C(O)c1ccccc1P(C)(C)=O. The highest BCUT2D eigenvalue weighted by Gasteiger charge is 2.25. The second-order valence-electron chi connectivity index (χ2n) is 3.84. The fourth-order valence-corrected chi connectivity index (χ4v) is 2.71. The van der Waals surface area contributed by atoms with Crippen LogP contribution < -0.4 is 5.30 Å². The molecule has 1 rings (SSSR count). The van der Waals surface area contributed by atoms with Gasteiger partial charge >= 0.3 is 5.97 Å². The highest BCUT2D eigenvalue weighted by molar-refractivity contribution is 7.70. The van der Waals surface area contributed by atoms with E-state index in [9.17, 15) is 14.5 Å². The summed E-state index contributed by atoms with van der Waals surface area (Å²) >= 11 is 0. The Hall–Kier alpha value is -1.12. The molecule has 1 N–H and O–H groups in total. The lowest BCUT2D eigenvalue weighted by Gasteiger charge is -2.16. The lowest BCUT2D eigenvalue weighted by atomic mass is 10.1. The van der Waals surface area contributed by atoms with Crippen LogP contribution in [-0.4, -0.2) is 31.5 Å². The quantitative estimate of drug-likeness (QED) is 0.637. The molecule has 0 amide bonds. The summed E-state index contributed by atoms with van der Waals surface area (Å²) in [5.41, 5.74) is 0.350. The fourth-order valence-electron chi connectivity index (χ4n) is 1.45. The molecular weight excluding hydrogens is 227 g/mol. The molecule has 0 aliphatic heterocycles. The van der Waals surface area contributed by atoms with Gasteiger partial charge in [0, 0.05) is 10.9 Å². The zero-order valence-electron chi connectivity index (χ0n) is 9.51. The van der Waals surface area contributed by atoms with E-state index in [1.54, 1.807) is 37.6 Å². The Bertz CT molecular complexity index is 435. The number of benzene rings is 1. The number of carbonyl (C=O) groups excluding carboxylic acids is 1. The summed E-state index contributed by atoms with van der Waals surface area (Å²) < 4.78 is 16.4. The summed E-state index contributed by atoms with van der Waals surface area (Å²) in [5, 5.41) is 10.2. The number of ether oxygens (including phenoxy) is 1. The summed E-state index contributed by atoms with van der Waals surface area (Å²) in [7, 11) is -1.33. The van der Waals surface area contributed by atoms with Gasteiger partial charge in [0.1, 0.15) is 7.14 Å². The van der Waals surface area contributed by atoms with Crippen molar-refractivity contribution in [3.8, 4) is 0 Å². The molecule has 1 atom stereocenters. The predicted octanol–water partition coefficient (Wildman–Crippen LogP) is 1.14. The van der Waals surface area contributed by atoms with E-state index in [0.29, 0.717) is 10.9 Å². The van der Waals surface area contributed by atoms with Gasteiger partial charge in [0.2, 0.25) is 0 Å². The Balaban J connectivity index is 3.24. The lowest BCUT2D eigenvalue weighted by molar-refractivity contribution is -0.150. The standard InChI is InChI=1S/C11H15O4P/c1-15-11(13)10(12)8-6-4-5-7-9(8)16(2,3)14/h4-7,10,12H,1-3H3. The van der Waals surface area contributed by atoms with Crippen molar-refractivity contribution in [2.45, 2.75) is 6.10 Å². The van der Waals surface area contributed by atoms with Gasteiger partial charge in [0.15, 0.2) is 6.10 Å². The number of hydrogen-bond acceptors (Lipinski definition) is 4. The van der Waals surface area contributed by atoms with Crippen LogP contribution in [0.3, 0.4) is 0 Å². The van der Waals surface area contributed by atoms with Crippen LogP contribution in [0.4, 0.5) is 0 Å². The first-order valence-corrected chi connectivity index (χ1v) is 7.38. The Labute approximate surface area is 94.6 Å². The molecule has 0 heterocycles. The average molecular weight is 242 g/mol. The Morgan fingerprint density at radius 1 is 1.38 bits per heavy atom. The Morgan fingerprint density at radius 3 is 2.44 bits per heavy atom. The molecule has 0 radical (unpaired) electrons. The van der Waals surface area contributed by atoms with Crippen LogP contribution in [0, 0.1) is 0 Å². The Kier molecular flexibility index (Phi) is 3.89. The third kappa shape index (κ3) is 2.71. The number of rotatable bonds is 3. The van der Waals surface area contributed by atoms with Gasteiger partial charge in [-0.05, 0) is 13.3 Å². The molecule has 0 aliphatic rings. The molecule has 4 nitrogen and oxygen atoms in total. The van der Waals surface area contributed by atoms with Crippen molar-refractivity contribution >= 4 is 18.4 Å². The van der Waals surface area contributed by atoms with Gasteiger partial charge in [-0.25, -0.2) is 4.79 Å². The van der Waals surface area contributed by atoms with E-state index in [4.69, 9.17) is 0 Å². The van der Waals surface area contributed by atoms with Crippen molar-refractivity contribution < 1.29 is 19.2 Å². The van der Waals surface area contributed by atoms with E-state index in [1.165, 1.54) is 7.11 Å². The van der Waals surface area contributed by atoms with Crippen LogP contribution in [-0.2, 0) is 14.1 Å². The minimum absolute atomic E-state index is 0.350. The van der Waals surface area contributed by atoms with Crippen LogP contribution in [0.1, 0.15) is 11.7 Å². The molecule has 16 heavy (non-hydrogen) atoms. The number of hydrogen-bond donors (Lipinski definition) is 1. The molecule has 1 aromatic carbocycles. The molecular formula is C11H15O4P. The normalized spacial score (nSPS) is 13.2. The van der Waals surface area contributed by atoms with Crippen LogP contribution >= 0.6 is 7.14 Å². The van der Waals surface area contributed by atoms with Gasteiger partial charge in [-0.2, -0.15) is 0 Å². The highest BCUT2D eigenvalue weighted by Crippen LogP contribution is 2.37. The van der Waals surface area contributed by atoms with Crippen molar-refractivity contribution in [2.75, 3.05) is 20.4 Å². The predicted molar refractivity (Wildman–Crippen MR) is 62.5 cm³/mol. The van der Waals surface area contributed by atoms with E-state index in [2.05, 4.69) is 4.74 Å². The molecule has 0 aromatic heterocycles. The summed E-state index contributed by atoms with van der Waals surface area (Å²) in [6, 6.07) is 6.64. The molecule has 0 fully saturated rings. The van der Waals surface area contributed by atoms with Crippen molar-refractivity contribution in [3.05, 3.63) is 29.8 Å². The number of aliphatic hydroxyl groups is 1. The first-order valence-electron chi connectivity index (χ1n) is 4.78. The summed E-state index contributed by atoms with van der Waals surface area (Å²) in [6.45, 7) is 3.19. The molecule has 5 heteroatoms. The van der Waals surface area contributed by atoms with Crippen LogP contribution in [0.5, 0.6) is 0 Å². The van der Waals surface area contributed by atoms with E-state index < -0.39 is 19.2 Å². The van der Waals surface area contributed by atoms with Crippen LogP contribution in [0.25, 0.3) is 0 Å². The molecule has 0 spiro atoms. The number of esters is 1. The van der Waals surface area contributed by atoms with Crippen molar-refractivity contribution in [1.29, 1.82) is 0 Å². The minimum atomic E-state index is -2.53. The maximum absolute atomic E-state index is 12.0. The molecule has 1 unspecified atom stereocenters. The average Bonchev–Trinajstić information content (AvgIpc) is 2.26. The molecule has 1 aromatic rings. The van der Waals surface area contributed by atoms with Gasteiger partial charge < -0.3 is 14.4 Å². The third-order valence-corrected chi connectivity index (χ3v) is 3.80. The lowest BCUT2D eigenvalue weighted by Crippen LogP contribution is -2.21. The first-order chi connectivity index (χ1) is 7.38. The molecule has 0 bridgehead atoms. The number of aliphatic hydroxyl groups excluding tert-OH is 1. The largest absolute Gasteiger partial charge is 0.467 e. The van der Waals surface area contributed by atoms with E-state index in [1.807, 2.05) is 0 Å². The zero-order chi connectivity index (χ0) is 12.3. The summed E-state index contributed by atoms with van der Waals surface area (Å²) in [6.07, 6.45) is -1.38. The molecule has 0 aliphatic carbocycles. The van der Waals surface area contributed by atoms with Crippen molar-refractivity contribution in [1.82, 2.24) is 0 Å². The highest BCUT2D eigenvalue weighted by atomic mass is 31.2. The topological polar surface area (TPSA) is 63.6 Å². The monoisotopic (exact) mass is 242 g/mol. The van der Waals surface area contributed by atoms with Crippen LogP contribution in [0.2, 0.25) is 0 Å². The maximum atomic E-state index is 12.0. The number of carbonyl (C=O) groups is 1. The second-order valence-corrected chi connectivity index (χ2v) is 7.02. The van der Waals surface area contributed by atoms with Crippen molar-refractivity contribution in [2.24, 2.45) is 0 Å². The maximum Gasteiger partial charge on any atom is 0.339 e. The molecule has 0 saturated carbocycles. The van der Waals surface area contributed by atoms with Gasteiger partial charge in [-0.1, -0.05) is 24.3 Å². The smallest absolute Gasteiger partial charge is 0.339 e. The van der Waals surface area contributed by atoms with E-state index >= 15 is 0 Å². The summed E-state index contributed by atoms with van der Waals surface area (Å²) in [4.78, 5) is 11.2.